The summed E-state index contributed by atoms with van der Waals surface area (Å²) < 4.78 is 0. The van der Waals surface area contributed by atoms with E-state index >= 15 is 0 Å². The van der Waals surface area contributed by atoms with E-state index in [-0.39, 0.29) is 0 Å². The fraction of sp³-hybridized carbons (Fsp3) is 0.0625. The second-order valence-electron chi connectivity index (χ2n) is 4.33. The summed E-state index contributed by atoms with van der Waals surface area (Å²) in [7, 11) is 0. The number of anilines is 1. The molecule has 0 saturated carbocycles. The molecule has 0 spiro atoms. The molecule has 0 amide bonds. The highest BCUT2D eigenvalue weighted by Gasteiger charge is 2.11. The zero-order valence-electron chi connectivity index (χ0n) is 9.91. The van der Waals surface area contributed by atoms with Gasteiger partial charge in [-0.1, -0.05) is 42.5 Å². The molecule has 0 radical (unpaired) electrons. The third-order valence-corrected chi connectivity index (χ3v) is 3.16. The van der Waals surface area contributed by atoms with Crippen LogP contribution in [0, 0.1) is 0 Å². The zero-order chi connectivity index (χ0) is 12.4. The molecule has 0 bridgehead atoms. The van der Waals surface area contributed by atoms with Crippen molar-refractivity contribution in [3.05, 3.63) is 66.4 Å². The molecule has 2 aromatic carbocycles. The quantitative estimate of drug-likeness (QED) is 0.744. The molecule has 0 fully saturated rings. The van der Waals surface area contributed by atoms with Crippen molar-refractivity contribution in [2.75, 3.05) is 11.4 Å². The molecule has 2 aromatic rings. The van der Waals surface area contributed by atoms with E-state index in [1.54, 1.807) is 0 Å². The van der Waals surface area contributed by atoms with E-state index in [2.05, 4.69) is 29.2 Å². The number of carbonyl (C=O) groups excluding carboxylic acids is 1. The minimum atomic E-state index is 0.633. The fourth-order valence-corrected chi connectivity index (χ4v) is 2.27. The molecule has 1 aliphatic rings. The van der Waals surface area contributed by atoms with Crippen molar-refractivity contribution in [1.82, 2.24) is 0 Å². The van der Waals surface area contributed by atoms with Gasteiger partial charge in [0.25, 0.3) is 0 Å². The molecule has 2 heteroatoms. The number of rotatable bonds is 2. The summed E-state index contributed by atoms with van der Waals surface area (Å²) in [5, 5.41) is 2.42. The first-order valence-electron chi connectivity index (χ1n) is 5.95. The van der Waals surface area contributed by atoms with E-state index in [0.717, 1.165) is 17.5 Å². The number of benzene rings is 2. The van der Waals surface area contributed by atoms with Gasteiger partial charge in [0.2, 0.25) is 0 Å². The summed E-state index contributed by atoms with van der Waals surface area (Å²) in [6.07, 6.45) is 6.69. The molecule has 18 heavy (non-hydrogen) atoms. The first-order chi connectivity index (χ1) is 8.88. The van der Waals surface area contributed by atoms with Gasteiger partial charge in [-0.05, 0) is 17.5 Å². The Morgan fingerprint density at radius 2 is 1.89 bits per heavy atom. The van der Waals surface area contributed by atoms with Crippen molar-refractivity contribution in [2.45, 2.75) is 0 Å². The van der Waals surface area contributed by atoms with Crippen molar-refractivity contribution in [2.24, 2.45) is 0 Å². The third kappa shape index (κ3) is 1.82. The molecule has 0 saturated heterocycles. The van der Waals surface area contributed by atoms with E-state index in [9.17, 15) is 4.79 Å². The number of hydrogen-bond donors (Lipinski definition) is 0. The summed E-state index contributed by atoms with van der Waals surface area (Å²) in [6.45, 7) is 0.633. The third-order valence-electron chi connectivity index (χ3n) is 3.16. The largest absolute Gasteiger partial charge is 0.343 e. The number of hydrogen-bond acceptors (Lipinski definition) is 2. The molecule has 1 heterocycles. The van der Waals surface area contributed by atoms with Crippen molar-refractivity contribution in [3.8, 4) is 0 Å². The Balaban J connectivity index is 2.08. The SMILES string of the molecule is O=CC1=CC=CN(c2cccc3ccccc23)C1. The van der Waals surface area contributed by atoms with Gasteiger partial charge in [0, 0.05) is 22.8 Å². The molecular weight excluding hydrogens is 222 g/mol. The topological polar surface area (TPSA) is 20.3 Å². The average Bonchev–Trinajstić information content (AvgIpc) is 2.47. The molecule has 0 aromatic heterocycles. The smallest absolute Gasteiger partial charge is 0.147 e. The van der Waals surface area contributed by atoms with Crippen LogP contribution < -0.4 is 4.90 Å². The minimum absolute atomic E-state index is 0.633. The van der Waals surface area contributed by atoms with E-state index in [0.29, 0.717) is 6.54 Å². The van der Waals surface area contributed by atoms with Gasteiger partial charge in [-0.2, -0.15) is 0 Å². The number of fused-ring (bicyclic) bond motifs is 1. The molecule has 0 N–H and O–H groups in total. The summed E-state index contributed by atoms with van der Waals surface area (Å²) in [5.74, 6) is 0. The van der Waals surface area contributed by atoms with Crippen LogP contribution in [0.3, 0.4) is 0 Å². The van der Waals surface area contributed by atoms with Crippen LogP contribution in [0.1, 0.15) is 0 Å². The number of aldehydes is 1. The lowest BCUT2D eigenvalue weighted by atomic mass is 10.1. The lowest BCUT2D eigenvalue weighted by Crippen LogP contribution is -2.22. The summed E-state index contributed by atoms with van der Waals surface area (Å²) >= 11 is 0. The number of carbonyl (C=O) groups is 1. The van der Waals surface area contributed by atoms with Gasteiger partial charge >= 0.3 is 0 Å². The molecule has 1 aliphatic heterocycles. The standard InChI is InChI=1S/C16H13NO/c18-12-13-5-4-10-17(11-13)16-9-3-7-14-6-1-2-8-15(14)16/h1-10,12H,11H2. The Morgan fingerprint density at radius 3 is 2.78 bits per heavy atom. The zero-order valence-corrected chi connectivity index (χ0v) is 9.91. The minimum Gasteiger partial charge on any atom is -0.343 e. The van der Waals surface area contributed by atoms with Crippen molar-refractivity contribution < 1.29 is 4.79 Å². The first kappa shape index (κ1) is 10.8. The van der Waals surface area contributed by atoms with Crippen LogP contribution in [0.2, 0.25) is 0 Å². The van der Waals surface area contributed by atoms with Gasteiger partial charge in [0.1, 0.15) is 6.29 Å². The molecule has 0 aliphatic carbocycles. The van der Waals surface area contributed by atoms with Gasteiger partial charge in [0.05, 0.1) is 6.54 Å². The van der Waals surface area contributed by atoms with Crippen LogP contribution in [0.25, 0.3) is 10.8 Å². The summed E-state index contributed by atoms with van der Waals surface area (Å²) in [4.78, 5) is 13.0. The van der Waals surface area contributed by atoms with Crippen LogP contribution in [0.5, 0.6) is 0 Å². The first-order valence-corrected chi connectivity index (χ1v) is 5.95. The van der Waals surface area contributed by atoms with Crippen molar-refractivity contribution in [1.29, 1.82) is 0 Å². The highest BCUT2D eigenvalue weighted by Crippen LogP contribution is 2.28. The van der Waals surface area contributed by atoms with Crippen LogP contribution in [0.15, 0.2) is 66.4 Å². The average molecular weight is 235 g/mol. The predicted molar refractivity (Wildman–Crippen MR) is 74.6 cm³/mol. The molecule has 3 rings (SSSR count). The Morgan fingerprint density at radius 1 is 1.06 bits per heavy atom. The van der Waals surface area contributed by atoms with Crippen LogP contribution >= 0.6 is 0 Å². The molecule has 88 valence electrons. The highest BCUT2D eigenvalue weighted by atomic mass is 16.1. The predicted octanol–water partition coefficient (Wildman–Crippen LogP) is 3.30. The lowest BCUT2D eigenvalue weighted by Gasteiger charge is -2.24. The molecule has 0 unspecified atom stereocenters. The van der Waals surface area contributed by atoms with Crippen LogP contribution in [0.4, 0.5) is 5.69 Å². The van der Waals surface area contributed by atoms with Gasteiger partial charge in [-0.25, -0.2) is 0 Å². The van der Waals surface area contributed by atoms with E-state index in [4.69, 9.17) is 0 Å². The van der Waals surface area contributed by atoms with Crippen LogP contribution in [-0.4, -0.2) is 12.8 Å². The molecule has 2 nitrogen and oxygen atoms in total. The summed E-state index contributed by atoms with van der Waals surface area (Å²) in [6, 6.07) is 14.5. The van der Waals surface area contributed by atoms with Gasteiger partial charge in [-0.15, -0.1) is 0 Å². The van der Waals surface area contributed by atoms with Gasteiger partial charge in [0.15, 0.2) is 0 Å². The highest BCUT2D eigenvalue weighted by molar-refractivity contribution is 5.95. The Bertz CT molecular complexity index is 650. The Hall–Kier alpha value is -2.35. The van der Waals surface area contributed by atoms with Crippen molar-refractivity contribution >= 4 is 22.7 Å². The van der Waals surface area contributed by atoms with E-state index in [1.807, 2.05) is 36.6 Å². The maximum atomic E-state index is 10.9. The van der Waals surface area contributed by atoms with E-state index < -0.39 is 0 Å². The number of allylic oxidation sites excluding steroid dienone is 2. The molecule has 0 atom stereocenters. The van der Waals surface area contributed by atoms with E-state index in [1.165, 1.54) is 10.8 Å². The molecular formula is C16H13NO. The normalized spacial score (nSPS) is 14.7. The van der Waals surface area contributed by atoms with Gasteiger partial charge in [-0.3, -0.25) is 4.79 Å². The summed E-state index contributed by atoms with van der Waals surface area (Å²) in [5.41, 5.74) is 1.93. The maximum absolute atomic E-state index is 10.9. The Labute approximate surface area is 106 Å². The lowest BCUT2D eigenvalue weighted by molar-refractivity contribution is -0.104. The second kappa shape index (κ2) is 4.49. The second-order valence-corrected chi connectivity index (χ2v) is 4.33. The van der Waals surface area contributed by atoms with Gasteiger partial charge < -0.3 is 4.90 Å². The monoisotopic (exact) mass is 235 g/mol. The Kier molecular flexibility index (Phi) is 2.69. The maximum Gasteiger partial charge on any atom is 0.147 e. The fourth-order valence-electron chi connectivity index (χ4n) is 2.27. The number of nitrogens with zero attached hydrogens (tertiary/aromatic N) is 1. The van der Waals surface area contributed by atoms with Crippen molar-refractivity contribution in [3.63, 3.8) is 0 Å². The van der Waals surface area contributed by atoms with Crippen LogP contribution in [-0.2, 0) is 4.79 Å².